The molecule has 3 heteroatoms. The third-order valence-electron chi connectivity index (χ3n) is 3.37. The zero-order valence-electron chi connectivity index (χ0n) is 11.1. The van der Waals surface area contributed by atoms with Gasteiger partial charge in [0, 0.05) is 5.56 Å². The highest BCUT2D eigenvalue weighted by molar-refractivity contribution is 5.77. The third kappa shape index (κ3) is 2.36. The molecule has 2 rings (SSSR count). The Hall–Kier alpha value is -2.16. The molecule has 0 aliphatic heterocycles. The summed E-state index contributed by atoms with van der Waals surface area (Å²) in [5.41, 5.74) is 3.33. The molecule has 0 spiro atoms. The number of phenols is 3. The summed E-state index contributed by atoms with van der Waals surface area (Å²) in [5.74, 6) is -0.0827. The molecular formula is C16H18O3. The normalized spacial score (nSPS) is 10.6. The van der Waals surface area contributed by atoms with E-state index in [4.69, 9.17) is 0 Å². The van der Waals surface area contributed by atoms with Gasteiger partial charge in [0.15, 0.2) is 11.5 Å². The van der Waals surface area contributed by atoms with Crippen LogP contribution in [0.2, 0.25) is 0 Å². The lowest BCUT2D eigenvalue weighted by molar-refractivity contribution is 0.404. The van der Waals surface area contributed by atoms with Crippen LogP contribution >= 0.6 is 0 Å². The maximum atomic E-state index is 10.4. The van der Waals surface area contributed by atoms with Gasteiger partial charge in [-0.25, -0.2) is 0 Å². The van der Waals surface area contributed by atoms with Gasteiger partial charge in [-0.2, -0.15) is 0 Å². The average Bonchev–Trinajstić information content (AvgIpc) is 2.41. The number of hydrogen-bond donors (Lipinski definition) is 3. The van der Waals surface area contributed by atoms with Gasteiger partial charge in [0.2, 0.25) is 0 Å². The molecule has 0 aliphatic carbocycles. The maximum absolute atomic E-state index is 10.4. The summed E-state index contributed by atoms with van der Waals surface area (Å²) in [4.78, 5) is 0. The van der Waals surface area contributed by atoms with Crippen molar-refractivity contribution >= 4 is 0 Å². The molecule has 3 nitrogen and oxygen atoms in total. The SMILES string of the molecule is CCc1ccc(CC)c(-c2ccc(O)c(O)c2)c1O. The Kier molecular flexibility index (Phi) is 3.65. The molecule has 0 aromatic heterocycles. The van der Waals surface area contributed by atoms with Crippen LogP contribution in [0.25, 0.3) is 11.1 Å². The lowest BCUT2D eigenvalue weighted by Gasteiger charge is -2.14. The first-order valence-electron chi connectivity index (χ1n) is 6.44. The van der Waals surface area contributed by atoms with Crippen molar-refractivity contribution < 1.29 is 15.3 Å². The number of hydrogen-bond acceptors (Lipinski definition) is 3. The van der Waals surface area contributed by atoms with Crippen molar-refractivity contribution in [2.45, 2.75) is 26.7 Å². The van der Waals surface area contributed by atoms with Crippen LogP contribution in [0, 0.1) is 0 Å². The first kappa shape index (κ1) is 13.3. The molecule has 0 bridgehead atoms. The fourth-order valence-electron chi connectivity index (χ4n) is 2.26. The van der Waals surface area contributed by atoms with E-state index in [0.717, 1.165) is 29.5 Å². The Balaban J connectivity index is 2.68. The lowest BCUT2D eigenvalue weighted by atomic mass is 9.93. The minimum Gasteiger partial charge on any atom is -0.507 e. The minimum atomic E-state index is -0.180. The molecule has 2 aromatic carbocycles. The van der Waals surface area contributed by atoms with Gasteiger partial charge in [-0.15, -0.1) is 0 Å². The van der Waals surface area contributed by atoms with Crippen molar-refractivity contribution in [2.75, 3.05) is 0 Å². The van der Waals surface area contributed by atoms with Crippen LogP contribution in [0.15, 0.2) is 30.3 Å². The highest BCUT2D eigenvalue weighted by atomic mass is 16.3. The fourth-order valence-corrected chi connectivity index (χ4v) is 2.26. The molecule has 0 unspecified atom stereocenters. The Morgan fingerprint density at radius 1 is 0.789 bits per heavy atom. The van der Waals surface area contributed by atoms with E-state index in [1.165, 1.54) is 12.1 Å². The molecule has 0 amide bonds. The van der Waals surface area contributed by atoms with Crippen LogP contribution in [0.1, 0.15) is 25.0 Å². The molecule has 0 radical (unpaired) electrons. The van der Waals surface area contributed by atoms with E-state index < -0.39 is 0 Å². The molecule has 100 valence electrons. The zero-order valence-corrected chi connectivity index (χ0v) is 11.1. The summed E-state index contributed by atoms with van der Waals surface area (Å²) >= 11 is 0. The van der Waals surface area contributed by atoms with Crippen molar-refractivity contribution in [3.8, 4) is 28.4 Å². The quantitative estimate of drug-likeness (QED) is 0.737. The van der Waals surface area contributed by atoms with Gasteiger partial charge in [0.25, 0.3) is 0 Å². The molecule has 0 saturated heterocycles. The van der Waals surface area contributed by atoms with E-state index in [2.05, 4.69) is 0 Å². The van der Waals surface area contributed by atoms with Crippen LogP contribution in [0.3, 0.4) is 0 Å². The Morgan fingerprint density at radius 2 is 1.42 bits per heavy atom. The van der Waals surface area contributed by atoms with Gasteiger partial charge < -0.3 is 15.3 Å². The van der Waals surface area contributed by atoms with Crippen molar-refractivity contribution in [3.05, 3.63) is 41.5 Å². The van der Waals surface area contributed by atoms with Crippen molar-refractivity contribution in [2.24, 2.45) is 0 Å². The molecule has 0 aliphatic rings. The van der Waals surface area contributed by atoms with Crippen LogP contribution < -0.4 is 0 Å². The Labute approximate surface area is 112 Å². The highest BCUT2D eigenvalue weighted by Crippen LogP contribution is 2.39. The standard InChI is InChI=1S/C16H18O3/c1-3-10-5-6-11(4-2)16(19)15(10)12-7-8-13(17)14(18)9-12/h5-9,17-19H,3-4H2,1-2H3. The smallest absolute Gasteiger partial charge is 0.158 e. The second-order valence-corrected chi connectivity index (χ2v) is 4.52. The zero-order chi connectivity index (χ0) is 14.0. The van der Waals surface area contributed by atoms with E-state index in [0.29, 0.717) is 5.56 Å². The molecule has 2 aromatic rings. The summed E-state index contributed by atoms with van der Waals surface area (Å²) in [6.07, 6.45) is 1.53. The van der Waals surface area contributed by atoms with Crippen LogP contribution in [0.4, 0.5) is 0 Å². The van der Waals surface area contributed by atoms with Gasteiger partial charge in [-0.05, 0) is 41.7 Å². The molecule has 0 heterocycles. The third-order valence-corrected chi connectivity index (χ3v) is 3.37. The maximum Gasteiger partial charge on any atom is 0.158 e. The number of rotatable bonds is 3. The monoisotopic (exact) mass is 258 g/mol. The molecule has 0 saturated carbocycles. The van der Waals surface area contributed by atoms with Crippen LogP contribution in [-0.2, 0) is 12.8 Å². The number of aromatic hydroxyl groups is 3. The van der Waals surface area contributed by atoms with Gasteiger partial charge in [0.1, 0.15) is 5.75 Å². The van der Waals surface area contributed by atoms with Gasteiger partial charge in [-0.3, -0.25) is 0 Å². The topological polar surface area (TPSA) is 60.7 Å². The van der Waals surface area contributed by atoms with E-state index in [1.807, 2.05) is 26.0 Å². The summed E-state index contributed by atoms with van der Waals surface area (Å²) in [6, 6.07) is 8.53. The molecule has 0 atom stereocenters. The first-order valence-corrected chi connectivity index (χ1v) is 6.44. The number of phenolic OH excluding ortho intramolecular Hbond substituents is 3. The second-order valence-electron chi connectivity index (χ2n) is 4.52. The molecular weight excluding hydrogens is 240 g/mol. The van der Waals surface area contributed by atoms with Gasteiger partial charge >= 0.3 is 0 Å². The van der Waals surface area contributed by atoms with Crippen molar-refractivity contribution in [3.63, 3.8) is 0 Å². The minimum absolute atomic E-state index is 0.159. The van der Waals surface area contributed by atoms with E-state index in [9.17, 15) is 15.3 Å². The second kappa shape index (κ2) is 5.22. The predicted octanol–water partition coefficient (Wildman–Crippen LogP) is 3.60. The van der Waals surface area contributed by atoms with Crippen molar-refractivity contribution in [1.29, 1.82) is 0 Å². The van der Waals surface area contributed by atoms with Crippen LogP contribution in [-0.4, -0.2) is 15.3 Å². The summed E-state index contributed by atoms with van der Waals surface area (Å²) in [7, 11) is 0. The predicted molar refractivity (Wildman–Crippen MR) is 75.6 cm³/mol. The van der Waals surface area contributed by atoms with Crippen molar-refractivity contribution in [1.82, 2.24) is 0 Å². The van der Waals surface area contributed by atoms with Gasteiger partial charge in [-0.1, -0.05) is 32.0 Å². The van der Waals surface area contributed by atoms with E-state index in [1.54, 1.807) is 6.07 Å². The summed E-state index contributed by atoms with van der Waals surface area (Å²) in [5, 5.41) is 29.4. The fraction of sp³-hybridized carbons (Fsp3) is 0.250. The van der Waals surface area contributed by atoms with Gasteiger partial charge in [0.05, 0.1) is 0 Å². The average molecular weight is 258 g/mol. The lowest BCUT2D eigenvalue weighted by Crippen LogP contribution is -1.92. The van der Waals surface area contributed by atoms with Crippen LogP contribution in [0.5, 0.6) is 17.2 Å². The van der Waals surface area contributed by atoms with E-state index >= 15 is 0 Å². The molecule has 0 fully saturated rings. The Morgan fingerprint density at radius 3 is 2.00 bits per heavy atom. The number of benzene rings is 2. The molecule has 19 heavy (non-hydrogen) atoms. The van der Waals surface area contributed by atoms with E-state index in [-0.39, 0.29) is 17.2 Å². The molecule has 3 N–H and O–H groups in total. The first-order chi connectivity index (χ1) is 9.08. The summed E-state index contributed by atoms with van der Waals surface area (Å²) < 4.78 is 0. The largest absolute Gasteiger partial charge is 0.507 e. The highest BCUT2D eigenvalue weighted by Gasteiger charge is 2.14. The summed E-state index contributed by atoms with van der Waals surface area (Å²) in [6.45, 7) is 4.00. The number of aryl methyl sites for hydroxylation is 2. The Bertz CT molecular complexity index is 603.